The summed E-state index contributed by atoms with van der Waals surface area (Å²) >= 11 is 7.70. The predicted octanol–water partition coefficient (Wildman–Crippen LogP) is 3.64. The highest BCUT2D eigenvalue weighted by molar-refractivity contribution is 9.10. The molecule has 3 nitrogen and oxygen atoms in total. The second-order valence-electron chi connectivity index (χ2n) is 6.16. The standard InChI is InChI=1S/C15H18BrNO2S/c1-15(2,3)9(8-20)7-17-13(18)11-5-4-10(16)6-12(11)14(17)19/h4-6,9,20H,7-8H2,1-3H3. The molecule has 20 heavy (non-hydrogen) atoms. The van der Waals surface area contributed by atoms with Gasteiger partial charge in [0.2, 0.25) is 0 Å². The minimum atomic E-state index is -0.206. The second kappa shape index (κ2) is 5.53. The third kappa shape index (κ3) is 2.79. The lowest BCUT2D eigenvalue weighted by atomic mass is 9.81. The van der Waals surface area contributed by atoms with E-state index in [0.29, 0.717) is 23.4 Å². The van der Waals surface area contributed by atoms with Gasteiger partial charge in [0.05, 0.1) is 11.1 Å². The Labute approximate surface area is 133 Å². The summed E-state index contributed by atoms with van der Waals surface area (Å²) in [6.07, 6.45) is 0. The topological polar surface area (TPSA) is 37.4 Å². The molecule has 1 aliphatic heterocycles. The Morgan fingerprint density at radius 3 is 2.35 bits per heavy atom. The van der Waals surface area contributed by atoms with Gasteiger partial charge >= 0.3 is 0 Å². The molecule has 1 atom stereocenters. The van der Waals surface area contributed by atoms with E-state index in [2.05, 4.69) is 49.3 Å². The Kier molecular flexibility index (Phi) is 4.30. The van der Waals surface area contributed by atoms with E-state index in [4.69, 9.17) is 0 Å². The first kappa shape index (κ1) is 15.6. The van der Waals surface area contributed by atoms with Gasteiger partial charge in [-0.3, -0.25) is 14.5 Å². The number of imide groups is 1. The third-order valence-corrected chi connectivity index (χ3v) is 4.71. The quantitative estimate of drug-likeness (QED) is 0.663. The van der Waals surface area contributed by atoms with Gasteiger partial charge in [-0.1, -0.05) is 36.7 Å². The highest BCUT2D eigenvalue weighted by Gasteiger charge is 2.38. The second-order valence-corrected chi connectivity index (χ2v) is 7.44. The van der Waals surface area contributed by atoms with Gasteiger partial charge < -0.3 is 0 Å². The van der Waals surface area contributed by atoms with E-state index in [1.165, 1.54) is 4.90 Å². The van der Waals surface area contributed by atoms with Crippen molar-refractivity contribution in [3.05, 3.63) is 33.8 Å². The lowest BCUT2D eigenvalue weighted by Crippen LogP contribution is -2.39. The molecule has 1 unspecified atom stereocenters. The number of thiol groups is 1. The maximum absolute atomic E-state index is 12.4. The fourth-order valence-corrected chi connectivity index (χ4v) is 3.28. The summed E-state index contributed by atoms with van der Waals surface area (Å²) in [4.78, 5) is 26.1. The molecule has 2 amide bonds. The van der Waals surface area contributed by atoms with Crippen LogP contribution < -0.4 is 0 Å². The van der Waals surface area contributed by atoms with Crippen molar-refractivity contribution in [3.63, 3.8) is 0 Å². The number of hydrogen-bond donors (Lipinski definition) is 1. The lowest BCUT2D eigenvalue weighted by molar-refractivity contribution is 0.0598. The Balaban J connectivity index is 2.29. The first-order valence-electron chi connectivity index (χ1n) is 6.52. The van der Waals surface area contributed by atoms with Gasteiger partial charge in [-0.25, -0.2) is 0 Å². The monoisotopic (exact) mass is 355 g/mol. The van der Waals surface area contributed by atoms with Crippen LogP contribution in [-0.2, 0) is 0 Å². The number of benzene rings is 1. The van der Waals surface area contributed by atoms with Crippen LogP contribution in [-0.4, -0.2) is 29.0 Å². The van der Waals surface area contributed by atoms with E-state index in [0.717, 1.165) is 4.47 Å². The average Bonchev–Trinajstić information content (AvgIpc) is 2.58. The Morgan fingerprint density at radius 2 is 1.80 bits per heavy atom. The van der Waals surface area contributed by atoms with Gasteiger partial charge in [0.1, 0.15) is 0 Å². The van der Waals surface area contributed by atoms with E-state index in [1.807, 2.05) is 0 Å². The van der Waals surface area contributed by atoms with E-state index in [9.17, 15) is 9.59 Å². The maximum Gasteiger partial charge on any atom is 0.261 e. The van der Waals surface area contributed by atoms with Crippen LogP contribution in [0.4, 0.5) is 0 Å². The Morgan fingerprint density at radius 1 is 1.20 bits per heavy atom. The summed E-state index contributed by atoms with van der Waals surface area (Å²) in [5, 5.41) is 0. The molecule has 0 saturated heterocycles. The molecule has 0 saturated carbocycles. The molecule has 108 valence electrons. The fraction of sp³-hybridized carbons (Fsp3) is 0.467. The molecule has 1 aromatic rings. The number of carbonyl (C=O) groups is 2. The van der Waals surface area contributed by atoms with Crippen molar-refractivity contribution in [2.75, 3.05) is 12.3 Å². The molecule has 0 spiro atoms. The smallest absolute Gasteiger partial charge is 0.261 e. The molecule has 0 bridgehead atoms. The van der Waals surface area contributed by atoms with Crippen molar-refractivity contribution in [2.45, 2.75) is 20.8 Å². The van der Waals surface area contributed by atoms with Crippen LogP contribution in [0, 0.1) is 11.3 Å². The van der Waals surface area contributed by atoms with Crippen LogP contribution in [0.3, 0.4) is 0 Å². The van der Waals surface area contributed by atoms with E-state index in [-0.39, 0.29) is 23.1 Å². The minimum Gasteiger partial charge on any atom is -0.274 e. The normalized spacial score (nSPS) is 16.6. The molecular formula is C15H18BrNO2S. The van der Waals surface area contributed by atoms with Gasteiger partial charge in [-0.15, -0.1) is 0 Å². The zero-order valence-corrected chi connectivity index (χ0v) is 14.3. The number of amides is 2. The maximum atomic E-state index is 12.4. The molecule has 2 rings (SSSR count). The molecule has 0 aromatic heterocycles. The van der Waals surface area contributed by atoms with Crippen LogP contribution in [0.25, 0.3) is 0 Å². The van der Waals surface area contributed by atoms with Crippen molar-refractivity contribution in [1.29, 1.82) is 0 Å². The number of fused-ring (bicyclic) bond motifs is 1. The average molecular weight is 356 g/mol. The minimum absolute atomic E-state index is 0.00231. The molecule has 1 aliphatic rings. The van der Waals surface area contributed by atoms with Crippen molar-refractivity contribution < 1.29 is 9.59 Å². The SMILES string of the molecule is CC(C)(C)C(CS)CN1C(=O)c2ccc(Br)cc2C1=O. The van der Waals surface area contributed by atoms with Crippen LogP contribution in [0.1, 0.15) is 41.5 Å². The van der Waals surface area contributed by atoms with Crippen molar-refractivity contribution in [2.24, 2.45) is 11.3 Å². The highest BCUT2D eigenvalue weighted by Crippen LogP contribution is 2.32. The fourth-order valence-electron chi connectivity index (χ4n) is 2.25. The summed E-state index contributed by atoms with van der Waals surface area (Å²) in [6, 6.07) is 5.20. The Hall–Kier alpha value is -0.810. The van der Waals surface area contributed by atoms with Crippen molar-refractivity contribution >= 4 is 40.4 Å². The number of hydrogen-bond acceptors (Lipinski definition) is 3. The summed E-state index contributed by atoms with van der Waals surface area (Å²) in [6.45, 7) is 6.71. The zero-order chi connectivity index (χ0) is 15.1. The molecule has 0 N–H and O–H groups in total. The molecule has 0 aliphatic carbocycles. The number of halogens is 1. The third-order valence-electron chi connectivity index (χ3n) is 3.78. The molecule has 1 heterocycles. The summed E-state index contributed by atoms with van der Waals surface area (Å²) in [5.74, 6) is 0.396. The summed E-state index contributed by atoms with van der Waals surface area (Å²) in [7, 11) is 0. The van der Waals surface area contributed by atoms with Gasteiger partial charge in [0.25, 0.3) is 11.8 Å². The van der Waals surface area contributed by atoms with E-state index in [1.54, 1.807) is 18.2 Å². The first-order chi connectivity index (χ1) is 9.25. The van der Waals surface area contributed by atoms with Gasteiger partial charge in [0, 0.05) is 11.0 Å². The van der Waals surface area contributed by atoms with Crippen LogP contribution >= 0.6 is 28.6 Å². The summed E-state index contributed by atoms with van der Waals surface area (Å²) < 4.78 is 0.806. The van der Waals surface area contributed by atoms with E-state index < -0.39 is 0 Å². The van der Waals surface area contributed by atoms with Gasteiger partial charge in [-0.05, 0) is 35.3 Å². The largest absolute Gasteiger partial charge is 0.274 e. The molecule has 0 fully saturated rings. The van der Waals surface area contributed by atoms with Crippen LogP contribution in [0.2, 0.25) is 0 Å². The highest BCUT2D eigenvalue weighted by atomic mass is 79.9. The number of rotatable bonds is 3. The van der Waals surface area contributed by atoms with Crippen molar-refractivity contribution in [3.8, 4) is 0 Å². The predicted molar refractivity (Wildman–Crippen MR) is 86.3 cm³/mol. The molecule has 0 radical (unpaired) electrons. The molecule has 1 aromatic carbocycles. The zero-order valence-electron chi connectivity index (χ0n) is 11.8. The van der Waals surface area contributed by atoms with Crippen molar-refractivity contribution in [1.82, 2.24) is 4.90 Å². The van der Waals surface area contributed by atoms with Gasteiger partial charge in [-0.2, -0.15) is 12.6 Å². The molecular weight excluding hydrogens is 338 g/mol. The lowest BCUT2D eigenvalue weighted by Gasteiger charge is -2.32. The first-order valence-corrected chi connectivity index (χ1v) is 7.95. The summed E-state index contributed by atoms with van der Waals surface area (Å²) in [5.41, 5.74) is 0.971. The van der Waals surface area contributed by atoms with E-state index >= 15 is 0 Å². The van der Waals surface area contributed by atoms with Gasteiger partial charge in [0.15, 0.2) is 0 Å². The number of carbonyl (C=O) groups excluding carboxylic acids is 2. The molecule has 5 heteroatoms. The number of nitrogens with zero attached hydrogens (tertiary/aromatic N) is 1. The van der Waals surface area contributed by atoms with Crippen LogP contribution in [0.5, 0.6) is 0 Å². The Bertz CT molecular complexity index is 565. The van der Waals surface area contributed by atoms with Crippen LogP contribution in [0.15, 0.2) is 22.7 Å².